The predicted octanol–water partition coefficient (Wildman–Crippen LogP) is 3.55. The van der Waals surface area contributed by atoms with E-state index >= 15 is 0 Å². The predicted molar refractivity (Wildman–Crippen MR) is 83.5 cm³/mol. The van der Waals surface area contributed by atoms with Gasteiger partial charge in [0.2, 0.25) is 0 Å². The maximum Gasteiger partial charge on any atom is 0.326 e. The molecule has 2 aromatic rings. The van der Waals surface area contributed by atoms with Crippen LogP contribution in [-0.2, 0) is 11.2 Å². The van der Waals surface area contributed by atoms with Crippen LogP contribution in [0.25, 0.3) is 0 Å². The zero-order valence-corrected chi connectivity index (χ0v) is 11.8. The number of rotatable bonds is 6. The SMILES string of the molecule is O=C(O)C(Nc1ccccc1Cc1ccccc1)C1CC1. The van der Waals surface area contributed by atoms with Gasteiger partial charge in [-0.15, -0.1) is 0 Å². The molecule has 3 nitrogen and oxygen atoms in total. The van der Waals surface area contributed by atoms with Gasteiger partial charge >= 0.3 is 5.97 Å². The van der Waals surface area contributed by atoms with Crippen LogP contribution in [0.3, 0.4) is 0 Å². The highest BCUT2D eigenvalue weighted by Gasteiger charge is 2.36. The molecule has 1 aliphatic rings. The number of hydrogen-bond donors (Lipinski definition) is 2. The largest absolute Gasteiger partial charge is 0.480 e. The van der Waals surface area contributed by atoms with Crippen molar-refractivity contribution in [3.63, 3.8) is 0 Å². The molecule has 1 atom stereocenters. The van der Waals surface area contributed by atoms with Crippen molar-refractivity contribution in [3.05, 3.63) is 65.7 Å². The molecule has 0 amide bonds. The number of anilines is 1. The van der Waals surface area contributed by atoms with Crippen molar-refractivity contribution >= 4 is 11.7 Å². The average Bonchev–Trinajstić information content (AvgIpc) is 3.31. The average molecular weight is 281 g/mol. The summed E-state index contributed by atoms with van der Waals surface area (Å²) in [6.07, 6.45) is 2.82. The van der Waals surface area contributed by atoms with E-state index in [-0.39, 0.29) is 5.92 Å². The van der Waals surface area contributed by atoms with Crippen LogP contribution in [0.2, 0.25) is 0 Å². The highest BCUT2D eigenvalue weighted by atomic mass is 16.4. The Bertz CT molecular complexity index is 620. The van der Waals surface area contributed by atoms with Gasteiger partial charge < -0.3 is 10.4 Å². The van der Waals surface area contributed by atoms with Gasteiger partial charge in [-0.1, -0.05) is 48.5 Å². The van der Waals surface area contributed by atoms with Gasteiger partial charge in [0.15, 0.2) is 0 Å². The van der Waals surface area contributed by atoms with Gasteiger partial charge in [-0.05, 0) is 42.4 Å². The van der Waals surface area contributed by atoms with Crippen LogP contribution in [0.5, 0.6) is 0 Å². The van der Waals surface area contributed by atoms with Gasteiger partial charge in [0, 0.05) is 5.69 Å². The summed E-state index contributed by atoms with van der Waals surface area (Å²) >= 11 is 0. The Morgan fingerprint density at radius 1 is 1.10 bits per heavy atom. The monoisotopic (exact) mass is 281 g/mol. The molecule has 0 saturated heterocycles. The molecule has 3 rings (SSSR count). The minimum atomic E-state index is -0.757. The summed E-state index contributed by atoms with van der Waals surface area (Å²) in [6.45, 7) is 0. The normalized spacial score (nSPS) is 15.4. The fraction of sp³-hybridized carbons (Fsp3) is 0.278. The Hall–Kier alpha value is -2.29. The molecule has 0 aliphatic heterocycles. The molecule has 1 aliphatic carbocycles. The van der Waals surface area contributed by atoms with Crippen molar-refractivity contribution in [1.29, 1.82) is 0 Å². The minimum Gasteiger partial charge on any atom is -0.480 e. The molecule has 1 unspecified atom stereocenters. The molecule has 108 valence electrons. The summed E-state index contributed by atoms with van der Waals surface area (Å²) < 4.78 is 0. The van der Waals surface area contributed by atoms with E-state index < -0.39 is 12.0 Å². The lowest BCUT2D eigenvalue weighted by Gasteiger charge is -2.18. The van der Waals surface area contributed by atoms with Gasteiger partial charge in [0.05, 0.1) is 0 Å². The Labute approximate surface area is 124 Å². The molecule has 2 aromatic carbocycles. The maximum absolute atomic E-state index is 11.4. The maximum atomic E-state index is 11.4. The summed E-state index contributed by atoms with van der Waals surface area (Å²) in [4.78, 5) is 11.4. The van der Waals surface area contributed by atoms with Gasteiger partial charge in [-0.25, -0.2) is 4.79 Å². The topological polar surface area (TPSA) is 49.3 Å². The number of para-hydroxylation sites is 1. The van der Waals surface area contributed by atoms with Crippen LogP contribution >= 0.6 is 0 Å². The van der Waals surface area contributed by atoms with Gasteiger partial charge in [0.25, 0.3) is 0 Å². The highest BCUT2D eigenvalue weighted by Crippen LogP contribution is 2.35. The molecule has 1 fully saturated rings. The molecule has 0 spiro atoms. The zero-order chi connectivity index (χ0) is 14.7. The number of benzene rings is 2. The molecule has 0 heterocycles. The number of hydrogen-bond acceptors (Lipinski definition) is 2. The molecule has 1 saturated carbocycles. The third-order valence-electron chi connectivity index (χ3n) is 3.93. The second kappa shape index (κ2) is 6.00. The Morgan fingerprint density at radius 3 is 2.43 bits per heavy atom. The van der Waals surface area contributed by atoms with Crippen molar-refractivity contribution in [2.24, 2.45) is 5.92 Å². The molecule has 0 radical (unpaired) electrons. The van der Waals surface area contributed by atoms with E-state index in [4.69, 9.17) is 0 Å². The first-order chi connectivity index (χ1) is 10.2. The van der Waals surface area contributed by atoms with Gasteiger partial charge in [0.1, 0.15) is 6.04 Å². The van der Waals surface area contributed by atoms with E-state index in [9.17, 15) is 9.90 Å². The summed E-state index contributed by atoms with van der Waals surface area (Å²) in [5.41, 5.74) is 3.29. The van der Waals surface area contributed by atoms with E-state index in [2.05, 4.69) is 23.5 Å². The van der Waals surface area contributed by atoms with E-state index in [1.807, 2.05) is 36.4 Å². The van der Waals surface area contributed by atoms with Crippen LogP contribution in [0.1, 0.15) is 24.0 Å². The van der Waals surface area contributed by atoms with Crippen LogP contribution in [-0.4, -0.2) is 17.1 Å². The molecule has 2 N–H and O–H groups in total. The third-order valence-corrected chi connectivity index (χ3v) is 3.93. The van der Waals surface area contributed by atoms with Gasteiger partial charge in [-0.3, -0.25) is 0 Å². The van der Waals surface area contributed by atoms with Crippen molar-refractivity contribution in [3.8, 4) is 0 Å². The third kappa shape index (κ3) is 3.43. The fourth-order valence-electron chi connectivity index (χ4n) is 2.61. The molecule has 0 bridgehead atoms. The molecular formula is C18H19NO2. The lowest BCUT2D eigenvalue weighted by molar-refractivity contribution is -0.138. The molecule has 0 aromatic heterocycles. The van der Waals surface area contributed by atoms with E-state index in [0.717, 1.165) is 30.5 Å². The minimum absolute atomic E-state index is 0.271. The summed E-state index contributed by atoms with van der Waals surface area (Å²) in [7, 11) is 0. The second-order valence-electron chi connectivity index (χ2n) is 5.62. The first kappa shape index (κ1) is 13.7. The van der Waals surface area contributed by atoms with Crippen LogP contribution in [0, 0.1) is 5.92 Å². The lowest BCUT2D eigenvalue weighted by atomic mass is 10.0. The van der Waals surface area contributed by atoms with Crippen LogP contribution < -0.4 is 5.32 Å². The van der Waals surface area contributed by atoms with Crippen molar-refractivity contribution in [2.75, 3.05) is 5.32 Å². The van der Waals surface area contributed by atoms with Crippen LogP contribution in [0.4, 0.5) is 5.69 Å². The number of nitrogens with one attached hydrogen (secondary N) is 1. The molecule has 3 heteroatoms. The number of carbonyl (C=O) groups is 1. The van der Waals surface area contributed by atoms with E-state index in [1.54, 1.807) is 0 Å². The number of carboxylic acids is 1. The summed E-state index contributed by atoms with van der Waals surface area (Å²) in [5.74, 6) is -0.487. The van der Waals surface area contributed by atoms with Crippen molar-refractivity contribution in [1.82, 2.24) is 0 Å². The molecular weight excluding hydrogens is 262 g/mol. The zero-order valence-electron chi connectivity index (χ0n) is 11.8. The standard InChI is InChI=1S/C18H19NO2/c20-18(21)17(14-10-11-14)19-16-9-5-4-8-15(16)12-13-6-2-1-3-7-13/h1-9,14,17,19H,10-12H2,(H,20,21). The quantitative estimate of drug-likeness (QED) is 0.851. The first-order valence-electron chi connectivity index (χ1n) is 7.35. The number of carboxylic acid groups (broad SMARTS) is 1. The Kier molecular flexibility index (Phi) is 3.91. The summed E-state index contributed by atoms with van der Waals surface area (Å²) in [5, 5.41) is 12.6. The Morgan fingerprint density at radius 2 is 1.76 bits per heavy atom. The second-order valence-corrected chi connectivity index (χ2v) is 5.62. The fourth-order valence-corrected chi connectivity index (χ4v) is 2.61. The Balaban J connectivity index is 1.80. The van der Waals surface area contributed by atoms with Gasteiger partial charge in [-0.2, -0.15) is 0 Å². The van der Waals surface area contributed by atoms with E-state index in [0.29, 0.717) is 0 Å². The molecule has 21 heavy (non-hydrogen) atoms. The first-order valence-corrected chi connectivity index (χ1v) is 7.35. The van der Waals surface area contributed by atoms with E-state index in [1.165, 1.54) is 5.56 Å². The highest BCUT2D eigenvalue weighted by molar-refractivity contribution is 5.78. The van der Waals surface area contributed by atoms with Crippen molar-refractivity contribution in [2.45, 2.75) is 25.3 Å². The lowest BCUT2D eigenvalue weighted by Crippen LogP contribution is -2.31. The van der Waals surface area contributed by atoms with Crippen LogP contribution in [0.15, 0.2) is 54.6 Å². The van der Waals surface area contributed by atoms with Crippen molar-refractivity contribution < 1.29 is 9.90 Å². The number of aliphatic carboxylic acids is 1. The smallest absolute Gasteiger partial charge is 0.326 e. The summed E-state index contributed by atoms with van der Waals surface area (Å²) in [6, 6.07) is 17.7.